The molecule has 2 N–H and O–H groups in total. The minimum atomic E-state index is 0.434. The molecule has 1 aliphatic heterocycles. The van der Waals surface area contributed by atoms with E-state index >= 15 is 0 Å². The SMILES string of the molecule is CCc1sccc1CN[C@H]1CCCN[C@H]1c1ccccc1. The van der Waals surface area contributed by atoms with Gasteiger partial charge in [-0.25, -0.2) is 0 Å². The van der Waals surface area contributed by atoms with E-state index < -0.39 is 0 Å². The fourth-order valence-electron chi connectivity index (χ4n) is 3.19. The van der Waals surface area contributed by atoms with Crippen LogP contribution < -0.4 is 10.6 Å². The van der Waals surface area contributed by atoms with E-state index in [1.807, 2.05) is 11.3 Å². The van der Waals surface area contributed by atoms with E-state index in [0.717, 1.165) is 19.5 Å². The summed E-state index contributed by atoms with van der Waals surface area (Å²) < 4.78 is 0. The average molecular weight is 300 g/mol. The number of nitrogens with one attached hydrogen (secondary N) is 2. The smallest absolute Gasteiger partial charge is 0.0476 e. The van der Waals surface area contributed by atoms with Gasteiger partial charge in [0.25, 0.3) is 0 Å². The van der Waals surface area contributed by atoms with E-state index in [9.17, 15) is 0 Å². The summed E-state index contributed by atoms with van der Waals surface area (Å²) in [5.41, 5.74) is 2.87. The van der Waals surface area contributed by atoms with Crippen molar-refractivity contribution in [2.75, 3.05) is 6.54 Å². The normalized spacial score (nSPS) is 22.3. The molecular formula is C18H24N2S. The summed E-state index contributed by atoms with van der Waals surface area (Å²) in [5, 5.41) is 9.69. The molecule has 0 saturated carbocycles. The predicted octanol–water partition coefficient (Wildman–Crippen LogP) is 3.89. The molecule has 2 aromatic rings. The molecule has 2 heterocycles. The maximum atomic E-state index is 3.79. The molecule has 2 atom stereocenters. The van der Waals surface area contributed by atoms with Crippen LogP contribution in [-0.4, -0.2) is 12.6 Å². The fourth-order valence-corrected chi connectivity index (χ4v) is 4.05. The van der Waals surface area contributed by atoms with Crippen LogP contribution in [-0.2, 0) is 13.0 Å². The third-order valence-corrected chi connectivity index (χ3v) is 5.44. The molecular weight excluding hydrogens is 276 g/mol. The first-order valence-electron chi connectivity index (χ1n) is 7.95. The minimum Gasteiger partial charge on any atom is -0.309 e. The van der Waals surface area contributed by atoms with Crippen molar-refractivity contribution >= 4 is 11.3 Å². The Morgan fingerprint density at radius 3 is 2.90 bits per heavy atom. The summed E-state index contributed by atoms with van der Waals surface area (Å²) >= 11 is 1.88. The van der Waals surface area contributed by atoms with Crippen molar-refractivity contribution in [3.05, 3.63) is 57.8 Å². The van der Waals surface area contributed by atoms with Crippen LogP contribution >= 0.6 is 11.3 Å². The van der Waals surface area contributed by atoms with Crippen molar-refractivity contribution in [2.45, 2.75) is 44.8 Å². The largest absolute Gasteiger partial charge is 0.309 e. The Labute approximate surface area is 131 Å². The average Bonchev–Trinajstić information content (AvgIpc) is 3.01. The Hall–Kier alpha value is -1.16. The van der Waals surface area contributed by atoms with Crippen LogP contribution in [0.5, 0.6) is 0 Å². The monoisotopic (exact) mass is 300 g/mol. The van der Waals surface area contributed by atoms with Gasteiger partial charge in [-0.15, -0.1) is 11.3 Å². The second-order valence-corrected chi connectivity index (χ2v) is 6.70. The molecule has 0 bridgehead atoms. The Kier molecular flexibility index (Phi) is 5.07. The molecule has 0 radical (unpaired) electrons. The van der Waals surface area contributed by atoms with Gasteiger partial charge in [0.1, 0.15) is 0 Å². The minimum absolute atomic E-state index is 0.434. The van der Waals surface area contributed by atoms with Crippen LogP contribution in [0.1, 0.15) is 41.8 Å². The number of rotatable bonds is 5. The van der Waals surface area contributed by atoms with Crippen LogP contribution in [0.4, 0.5) is 0 Å². The van der Waals surface area contributed by atoms with Gasteiger partial charge in [0.05, 0.1) is 0 Å². The summed E-state index contributed by atoms with van der Waals surface area (Å²) in [4.78, 5) is 1.52. The second kappa shape index (κ2) is 7.21. The molecule has 0 unspecified atom stereocenters. The summed E-state index contributed by atoms with van der Waals surface area (Å²) in [7, 11) is 0. The maximum Gasteiger partial charge on any atom is 0.0476 e. The van der Waals surface area contributed by atoms with Crippen molar-refractivity contribution < 1.29 is 0 Å². The molecule has 1 aromatic carbocycles. The lowest BCUT2D eigenvalue weighted by Gasteiger charge is -2.34. The highest BCUT2D eigenvalue weighted by Gasteiger charge is 2.25. The van der Waals surface area contributed by atoms with Crippen molar-refractivity contribution in [2.24, 2.45) is 0 Å². The van der Waals surface area contributed by atoms with E-state index in [4.69, 9.17) is 0 Å². The molecule has 2 nitrogen and oxygen atoms in total. The molecule has 1 aliphatic rings. The zero-order valence-corrected chi connectivity index (χ0v) is 13.5. The van der Waals surface area contributed by atoms with Gasteiger partial charge in [0.15, 0.2) is 0 Å². The zero-order valence-electron chi connectivity index (χ0n) is 12.6. The number of aryl methyl sites for hydroxylation is 1. The highest BCUT2D eigenvalue weighted by molar-refractivity contribution is 7.10. The fraction of sp³-hybridized carbons (Fsp3) is 0.444. The molecule has 1 fully saturated rings. The van der Waals surface area contributed by atoms with Gasteiger partial charge in [0, 0.05) is 23.5 Å². The third-order valence-electron chi connectivity index (χ3n) is 4.33. The molecule has 3 heteroatoms. The standard InChI is InChI=1S/C18H24N2S/c1-2-17-15(10-12-21-17)13-20-16-9-6-11-19-18(16)14-7-4-3-5-8-14/h3-5,7-8,10,12,16,18-20H,2,6,9,11,13H2,1H3/t16-,18-/m0/s1. The molecule has 1 aromatic heterocycles. The van der Waals surface area contributed by atoms with Gasteiger partial charge < -0.3 is 10.6 Å². The van der Waals surface area contributed by atoms with E-state index in [0.29, 0.717) is 12.1 Å². The maximum absolute atomic E-state index is 3.79. The lowest BCUT2D eigenvalue weighted by Crippen LogP contribution is -2.45. The lowest BCUT2D eigenvalue weighted by atomic mass is 9.92. The number of hydrogen-bond donors (Lipinski definition) is 2. The van der Waals surface area contributed by atoms with Crippen LogP contribution in [0.15, 0.2) is 41.8 Å². The van der Waals surface area contributed by atoms with Gasteiger partial charge in [-0.1, -0.05) is 37.3 Å². The predicted molar refractivity (Wildman–Crippen MR) is 90.7 cm³/mol. The molecule has 0 aliphatic carbocycles. The quantitative estimate of drug-likeness (QED) is 0.875. The first-order chi connectivity index (χ1) is 10.4. The third kappa shape index (κ3) is 3.54. The number of hydrogen-bond acceptors (Lipinski definition) is 3. The van der Waals surface area contributed by atoms with Gasteiger partial charge in [-0.3, -0.25) is 0 Å². The van der Waals surface area contributed by atoms with Crippen molar-refractivity contribution in [1.82, 2.24) is 10.6 Å². The van der Waals surface area contributed by atoms with E-state index in [2.05, 4.69) is 59.3 Å². The summed E-state index contributed by atoms with van der Waals surface area (Å²) in [6.07, 6.45) is 3.64. The van der Waals surface area contributed by atoms with Gasteiger partial charge in [-0.2, -0.15) is 0 Å². The highest BCUT2D eigenvalue weighted by atomic mass is 32.1. The van der Waals surface area contributed by atoms with Gasteiger partial charge in [0.2, 0.25) is 0 Å². The topological polar surface area (TPSA) is 24.1 Å². The molecule has 0 amide bonds. The second-order valence-electron chi connectivity index (χ2n) is 5.69. The van der Waals surface area contributed by atoms with Crippen LogP contribution in [0.3, 0.4) is 0 Å². The Morgan fingerprint density at radius 1 is 1.24 bits per heavy atom. The van der Waals surface area contributed by atoms with Crippen molar-refractivity contribution in [3.63, 3.8) is 0 Å². The zero-order chi connectivity index (χ0) is 14.5. The van der Waals surface area contributed by atoms with Crippen LogP contribution in [0.25, 0.3) is 0 Å². The van der Waals surface area contributed by atoms with Gasteiger partial charge >= 0.3 is 0 Å². The first-order valence-corrected chi connectivity index (χ1v) is 8.83. The summed E-state index contributed by atoms with van der Waals surface area (Å²) in [6.45, 7) is 4.35. The summed E-state index contributed by atoms with van der Waals surface area (Å²) in [5.74, 6) is 0. The highest BCUT2D eigenvalue weighted by Crippen LogP contribution is 2.24. The Balaban J connectivity index is 1.67. The van der Waals surface area contributed by atoms with Crippen LogP contribution in [0.2, 0.25) is 0 Å². The lowest BCUT2D eigenvalue weighted by molar-refractivity contribution is 0.304. The van der Waals surface area contributed by atoms with E-state index in [1.165, 1.54) is 28.8 Å². The summed E-state index contributed by atoms with van der Waals surface area (Å²) in [6, 6.07) is 14.1. The molecule has 21 heavy (non-hydrogen) atoms. The van der Waals surface area contributed by atoms with Gasteiger partial charge in [-0.05, 0) is 48.4 Å². The Bertz CT molecular complexity index is 549. The van der Waals surface area contributed by atoms with E-state index in [1.54, 1.807) is 0 Å². The van der Waals surface area contributed by atoms with Crippen molar-refractivity contribution in [3.8, 4) is 0 Å². The number of thiophene rings is 1. The molecule has 3 rings (SSSR count). The van der Waals surface area contributed by atoms with E-state index in [-0.39, 0.29) is 0 Å². The first kappa shape index (κ1) is 14.8. The molecule has 1 saturated heterocycles. The Morgan fingerprint density at radius 2 is 2.10 bits per heavy atom. The van der Waals surface area contributed by atoms with Crippen LogP contribution in [0, 0.1) is 0 Å². The number of benzene rings is 1. The molecule has 112 valence electrons. The number of piperidine rings is 1. The van der Waals surface area contributed by atoms with Crippen molar-refractivity contribution in [1.29, 1.82) is 0 Å². The molecule has 0 spiro atoms.